The van der Waals surface area contributed by atoms with Gasteiger partial charge in [-0.1, -0.05) is 17.7 Å². The summed E-state index contributed by atoms with van der Waals surface area (Å²) in [6.07, 6.45) is 2.76. The second-order valence-electron chi connectivity index (χ2n) is 8.06. The van der Waals surface area contributed by atoms with Crippen molar-refractivity contribution < 1.29 is 17.4 Å². The van der Waals surface area contributed by atoms with E-state index in [4.69, 9.17) is 25.1 Å². The highest BCUT2D eigenvalue weighted by Crippen LogP contribution is 2.32. The number of carbonyl (C=O) groups is 2. The van der Waals surface area contributed by atoms with E-state index in [1.165, 1.54) is 4.90 Å². The number of nitrogens with two attached hydrogens (primary N) is 1. The third kappa shape index (κ3) is 8.16. The van der Waals surface area contributed by atoms with E-state index >= 15 is 0 Å². The molecule has 0 aliphatic heterocycles. The summed E-state index contributed by atoms with van der Waals surface area (Å²) in [6, 6.07) is 12.4. The van der Waals surface area contributed by atoms with Gasteiger partial charge < -0.3 is 18.4 Å². The zero-order valence-electron chi connectivity index (χ0n) is 20.5. The number of aryl methyl sites for hydroxylation is 2. The number of aromatic nitrogens is 2. The van der Waals surface area contributed by atoms with E-state index in [2.05, 4.69) is 9.97 Å². The zero-order valence-corrected chi connectivity index (χ0v) is 24.3. The molecule has 194 valence electrons. The van der Waals surface area contributed by atoms with Crippen LogP contribution in [0.1, 0.15) is 40.7 Å². The Kier molecular flexibility index (Phi) is 10.7. The summed E-state index contributed by atoms with van der Waals surface area (Å²) in [6.45, 7) is 5.93. The highest BCUT2D eigenvalue weighted by molar-refractivity contribution is 14.1. The van der Waals surface area contributed by atoms with Gasteiger partial charge in [0.05, 0.1) is 13.2 Å². The fourth-order valence-corrected chi connectivity index (χ4v) is 4.83. The maximum Gasteiger partial charge on any atom is 0.224 e. The number of hydrogen-bond donors (Lipinski definition) is 1. The van der Waals surface area contributed by atoms with E-state index in [-0.39, 0.29) is 11.7 Å². The van der Waals surface area contributed by atoms with Crippen molar-refractivity contribution in [3.63, 3.8) is 0 Å². The summed E-state index contributed by atoms with van der Waals surface area (Å²) in [5.41, 5.74) is 8.56. The monoisotopic (exact) mass is 652 g/mol. The van der Waals surface area contributed by atoms with Gasteiger partial charge >= 0.3 is 0 Å². The molecule has 0 saturated heterocycles. The Labute approximate surface area is 239 Å². The number of thioether (sulfide) groups is 1. The van der Waals surface area contributed by atoms with E-state index < -0.39 is 0 Å². The number of nitrogens with zero attached hydrogens (tertiary/aromatic N) is 3. The van der Waals surface area contributed by atoms with Gasteiger partial charge in [-0.05, 0) is 74.5 Å². The molecule has 11 heteroatoms. The van der Waals surface area contributed by atoms with E-state index in [0.29, 0.717) is 69.3 Å². The number of benzene rings is 2. The van der Waals surface area contributed by atoms with Crippen molar-refractivity contribution in [3.8, 4) is 11.5 Å². The van der Waals surface area contributed by atoms with Crippen molar-refractivity contribution in [2.24, 2.45) is 0 Å². The Morgan fingerprint density at radius 2 is 1.97 bits per heavy atom. The first kappa shape index (κ1) is 28.9. The summed E-state index contributed by atoms with van der Waals surface area (Å²) in [5, 5.41) is 0.420. The molecule has 37 heavy (non-hydrogen) atoms. The van der Waals surface area contributed by atoms with Crippen LogP contribution in [0.4, 0.5) is 5.82 Å². The number of ether oxygens (including phenoxy) is 1. The Morgan fingerprint density at radius 3 is 2.62 bits per heavy atom. The van der Waals surface area contributed by atoms with Gasteiger partial charge in [-0.2, -0.15) is 0 Å². The molecule has 1 heterocycles. The molecule has 8 nitrogen and oxygen atoms in total. The number of halogens is 2. The summed E-state index contributed by atoms with van der Waals surface area (Å²) in [5.74, 6) is 2.06. The molecule has 1 aromatic heterocycles. The number of allylic oxidation sites excluding steroid dienone is 1. The van der Waals surface area contributed by atoms with Crippen molar-refractivity contribution in [3.05, 3.63) is 86.8 Å². The summed E-state index contributed by atoms with van der Waals surface area (Å²) >= 11 is 8.91. The highest BCUT2D eigenvalue weighted by atomic mass is 127. The molecule has 2 N–H and O–H groups in total. The summed E-state index contributed by atoms with van der Waals surface area (Å²) in [7, 11) is 0. The Bertz CT molecular complexity index is 1320. The van der Waals surface area contributed by atoms with E-state index in [0.717, 1.165) is 17.3 Å². The Balaban J connectivity index is 1.82. The van der Waals surface area contributed by atoms with Crippen LogP contribution in [-0.2, 0) is 14.4 Å². The van der Waals surface area contributed by atoms with Crippen LogP contribution in [-0.4, -0.2) is 33.0 Å². The van der Waals surface area contributed by atoms with Crippen LogP contribution >= 0.6 is 46.4 Å². The van der Waals surface area contributed by atoms with Gasteiger partial charge in [-0.3, -0.25) is 9.59 Å². The normalized spacial score (nSPS) is 11.6. The molecule has 0 aliphatic rings. The molecule has 0 fully saturated rings. The molecule has 0 bridgehead atoms. The van der Waals surface area contributed by atoms with Crippen LogP contribution < -0.4 is 10.5 Å². The maximum absolute atomic E-state index is 13.3. The van der Waals surface area contributed by atoms with Gasteiger partial charge in [0, 0.05) is 39.4 Å². The molecule has 1 amide bonds. The Morgan fingerprint density at radius 1 is 1.22 bits per heavy atom. The first-order valence-electron chi connectivity index (χ1n) is 11.2. The van der Waals surface area contributed by atoms with Crippen LogP contribution in [0.15, 0.2) is 59.3 Å². The molecule has 0 radical (unpaired) electrons. The molecule has 3 rings (SSSR count). The lowest BCUT2D eigenvalue weighted by molar-refractivity contribution is -0.116. The second kappa shape index (κ2) is 13.8. The maximum atomic E-state index is 13.3. The number of carbonyl (C=O) groups excluding carboxylic acids is 2. The molecule has 2 aromatic carbocycles. The van der Waals surface area contributed by atoms with Gasteiger partial charge in [-0.15, -0.1) is 0 Å². The standard InChI is InChI=1S/C26H26ClIN4O4S/c1-16-11-22(36-21-6-4-5-20(27)12-21)7-8-23(16)26(34)37-24(9-10-35-28)17(2)32(15-33)14-19-13-30-18(3)31-25(19)29/h4-8,11-13,15H,9-10,14H2,1-3H3,(H2,29,30,31)/b24-17-. The topological polar surface area (TPSA) is 108 Å². The number of hydrogen-bond acceptors (Lipinski definition) is 8. The predicted octanol–water partition coefficient (Wildman–Crippen LogP) is 6.64. The lowest BCUT2D eigenvalue weighted by Gasteiger charge is -2.22. The lowest BCUT2D eigenvalue weighted by atomic mass is 10.1. The molecule has 3 aromatic rings. The molecule has 0 saturated carbocycles. The quantitative estimate of drug-likeness (QED) is 0.181. The minimum absolute atomic E-state index is 0.154. The number of rotatable bonds is 11. The average Bonchev–Trinajstić information content (AvgIpc) is 2.85. The predicted molar refractivity (Wildman–Crippen MR) is 155 cm³/mol. The molecule has 0 aliphatic carbocycles. The lowest BCUT2D eigenvalue weighted by Crippen LogP contribution is -2.22. The minimum Gasteiger partial charge on any atom is -0.457 e. The number of amides is 1. The van der Waals surface area contributed by atoms with Crippen molar-refractivity contribution in [2.75, 3.05) is 12.3 Å². The van der Waals surface area contributed by atoms with Crippen molar-refractivity contribution >= 4 is 63.7 Å². The minimum atomic E-state index is -0.154. The fraction of sp³-hybridized carbons (Fsp3) is 0.231. The van der Waals surface area contributed by atoms with Crippen molar-refractivity contribution in [1.29, 1.82) is 0 Å². The van der Waals surface area contributed by atoms with Gasteiger partial charge in [0.2, 0.25) is 11.5 Å². The molecule has 0 atom stereocenters. The van der Waals surface area contributed by atoms with Crippen LogP contribution in [0.2, 0.25) is 5.02 Å². The molecule has 0 spiro atoms. The van der Waals surface area contributed by atoms with Crippen molar-refractivity contribution in [1.82, 2.24) is 14.9 Å². The van der Waals surface area contributed by atoms with Gasteiger partial charge in [-0.25, -0.2) is 9.97 Å². The number of nitrogen functional groups attached to an aromatic ring is 1. The number of anilines is 1. The van der Waals surface area contributed by atoms with Gasteiger partial charge in [0.15, 0.2) is 0 Å². The van der Waals surface area contributed by atoms with E-state index in [9.17, 15) is 9.59 Å². The zero-order chi connectivity index (χ0) is 26.9. The first-order chi connectivity index (χ1) is 17.7. The smallest absolute Gasteiger partial charge is 0.224 e. The molecular weight excluding hydrogens is 627 g/mol. The van der Waals surface area contributed by atoms with Gasteiger partial charge in [0.25, 0.3) is 0 Å². The third-order valence-corrected chi connectivity index (χ3v) is 7.22. The highest BCUT2D eigenvalue weighted by Gasteiger charge is 2.19. The van der Waals surface area contributed by atoms with Gasteiger partial charge in [0.1, 0.15) is 46.1 Å². The fourth-order valence-electron chi connectivity index (χ4n) is 3.41. The third-order valence-electron chi connectivity index (χ3n) is 5.39. The second-order valence-corrected chi connectivity index (χ2v) is 10.2. The Hall–Kier alpha value is -2.67. The van der Waals surface area contributed by atoms with Crippen molar-refractivity contribution in [2.45, 2.75) is 33.7 Å². The average molecular weight is 653 g/mol. The van der Waals surface area contributed by atoms with Crippen LogP contribution in [0.5, 0.6) is 11.5 Å². The largest absolute Gasteiger partial charge is 0.457 e. The molecule has 0 unspecified atom stereocenters. The molecular formula is C26H26ClIN4O4S. The van der Waals surface area contributed by atoms with Crippen LogP contribution in [0.25, 0.3) is 0 Å². The first-order valence-corrected chi connectivity index (χ1v) is 13.3. The summed E-state index contributed by atoms with van der Waals surface area (Å²) < 4.78 is 11.1. The van der Waals surface area contributed by atoms with E-state index in [1.54, 1.807) is 85.5 Å². The van der Waals surface area contributed by atoms with Crippen LogP contribution in [0.3, 0.4) is 0 Å². The van der Waals surface area contributed by atoms with E-state index in [1.807, 2.05) is 6.92 Å². The summed E-state index contributed by atoms with van der Waals surface area (Å²) in [4.78, 5) is 35.8. The van der Waals surface area contributed by atoms with Crippen LogP contribution in [0, 0.1) is 13.8 Å². The SMILES string of the molecule is C/C(=C(\CCOI)SC(=O)c1ccc(Oc2cccc(Cl)c2)cc1C)N(C=O)Cc1cnc(C)nc1N.